The first kappa shape index (κ1) is 17.5. The van der Waals surface area contributed by atoms with E-state index in [-0.39, 0.29) is 0 Å². The third-order valence-corrected chi connectivity index (χ3v) is 4.94. The molecule has 0 aliphatic heterocycles. The van der Waals surface area contributed by atoms with Crippen molar-refractivity contribution in [1.29, 1.82) is 0 Å². The lowest BCUT2D eigenvalue weighted by atomic mass is 10.2. The summed E-state index contributed by atoms with van der Waals surface area (Å²) >= 11 is 7.62. The van der Waals surface area contributed by atoms with Gasteiger partial charge in [-0.2, -0.15) is 5.10 Å². The predicted octanol–water partition coefficient (Wildman–Crippen LogP) is 4.90. The molecule has 1 aromatic carbocycles. The van der Waals surface area contributed by atoms with Crippen LogP contribution >= 0.6 is 22.9 Å². The lowest BCUT2D eigenvalue weighted by Gasteiger charge is -2.03. The van der Waals surface area contributed by atoms with E-state index >= 15 is 0 Å². The van der Waals surface area contributed by atoms with Crippen molar-refractivity contribution < 1.29 is 9.47 Å². The first-order valence-corrected chi connectivity index (χ1v) is 9.31. The Balaban J connectivity index is 1.50. The number of halogens is 1. The Morgan fingerprint density at radius 1 is 1.15 bits per heavy atom. The van der Waals surface area contributed by atoms with Crippen LogP contribution in [0.4, 0.5) is 0 Å². The van der Waals surface area contributed by atoms with Crippen LogP contribution < -0.4 is 9.47 Å². The van der Waals surface area contributed by atoms with Gasteiger partial charge in [0.1, 0.15) is 15.8 Å². The molecule has 0 amide bonds. The topological polar surface area (TPSA) is 62.1 Å². The highest BCUT2D eigenvalue weighted by Gasteiger charge is 2.15. The van der Waals surface area contributed by atoms with E-state index in [1.54, 1.807) is 25.6 Å². The van der Waals surface area contributed by atoms with Crippen LogP contribution in [0.5, 0.6) is 16.8 Å². The van der Waals surface area contributed by atoms with Gasteiger partial charge in [-0.3, -0.25) is 4.68 Å². The minimum absolute atomic E-state index is 0.441. The third kappa shape index (κ3) is 4.10. The molecule has 27 heavy (non-hydrogen) atoms. The maximum absolute atomic E-state index is 6.35. The van der Waals surface area contributed by atoms with Crippen molar-refractivity contribution >= 4 is 22.9 Å². The Kier molecular flexibility index (Phi) is 5.04. The average Bonchev–Trinajstić information content (AvgIpc) is 3.29. The summed E-state index contributed by atoms with van der Waals surface area (Å²) in [5.74, 6) is 1.30. The fraction of sp³-hybridized carbons (Fsp3) is 0.105. The van der Waals surface area contributed by atoms with Gasteiger partial charge >= 0.3 is 0 Å². The Labute approximate surface area is 165 Å². The average molecular weight is 399 g/mol. The fourth-order valence-corrected chi connectivity index (χ4v) is 3.52. The minimum atomic E-state index is 0.441. The van der Waals surface area contributed by atoms with Gasteiger partial charge in [0.15, 0.2) is 0 Å². The quantitative estimate of drug-likeness (QED) is 0.462. The summed E-state index contributed by atoms with van der Waals surface area (Å²) in [4.78, 5) is 8.60. The summed E-state index contributed by atoms with van der Waals surface area (Å²) in [6.45, 7) is 0.642. The van der Waals surface area contributed by atoms with Gasteiger partial charge in [-0.1, -0.05) is 41.1 Å². The van der Waals surface area contributed by atoms with E-state index in [0.717, 1.165) is 16.9 Å². The molecular formula is C19H15ClN4O2S. The number of nitrogens with zero attached hydrogens (tertiary/aromatic N) is 4. The Morgan fingerprint density at radius 2 is 2.00 bits per heavy atom. The zero-order chi connectivity index (χ0) is 18.6. The number of aromatic nitrogens is 4. The molecule has 4 rings (SSSR count). The summed E-state index contributed by atoms with van der Waals surface area (Å²) in [5, 5.41) is 4.84. The molecule has 0 fully saturated rings. The second-order valence-electron chi connectivity index (χ2n) is 5.65. The fourth-order valence-electron chi connectivity index (χ4n) is 2.49. The largest absolute Gasteiger partial charge is 0.497 e. The molecule has 4 aromatic rings. The second kappa shape index (κ2) is 7.77. The number of benzene rings is 1. The molecule has 3 heterocycles. The zero-order valence-electron chi connectivity index (χ0n) is 14.4. The number of hydrogen-bond donors (Lipinski definition) is 0. The number of pyridine rings is 1. The highest BCUT2D eigenvalue weighted by atomic mass is 35.5. The number of hydrogen-bond acceptors (Lipinski definition) is 6. The maximum Gasteiger partial charge on any atom is 0.282 e. The van der Waals surface area contributed by atoms with E-state index in [1.165, 1.54) is 11.3 Å². The Hall–Kier alpha value is -2.90. The van der Waals surface area contributed by atoms with Gasteiger partial charge in [0.2, 0.25) is 5.88 Å². The molecule has 8 heteroatoms. The Bertz CT molecular complexity index is 1030. The van der Waals surface area contributed by atoms with Gasteiger partial charge < -0.3 is 9.47 Å². The molecule has 0 saturated carbocycles. The van der Waals surface area contributed by atoms with Crippen LogP contribution in [0.1, 0.15) is 5.56 Å². The van der Waals surface area contributed by atoms with Crippen LogP contribution in [0.2, 0.25) is 4.34 Å². The molecule has 0 atom stereocenters. The van der Waals surface area contributed by atoms with E-state index in [9.17, 15) is 0 Å². The zero-order valence-corrected chi connectivity index (χ0v) is 15.9. The van der Waals surface area contributed by atoms with Gasteiger partial charge in [0, 0.05) is 24.0 Å². The normalized spacial score (nSPS) is 10.7. The lowest BCUT2D eigenvalue weighted by Crippen LogP contribution is -1.99. The van der Waals surface area contributed by atoms with Gasteiger partial charge in [0.05, 0.1) is 19.9 Å². The van der Waals surface area contributed by atoms with Crippen LogP contribution in [-0.4, -0.2) is 26.9 Å². The molecule has 0 bridgehead atoms. The summed E-state index contributed by atoms with van der Waals surface area (Å²) < 4.78 is 13.2. The van der Waals surface area contributed by atoms with Crippen molar-refractivity contribution in [1.82, 2.24) is 19.7 Å². The molecule has 136 valence electrons. The lowest BCUT2D eigenvalue weighted by molar-refractivity contribution is 0.414. The SMILES string of the molecule is COc1ccc(Cn2cc(-c3nc(Oc4ccccn4)sc3Cl)cn2)cc1. The van der Waals surface area contributed by atoms with Crippen LogP contribution in [0.15, 0.2) is 61.1 Å². The maximum atomic E-state index is 6.35. The summed E-state index contributed by atoms with van der Waals surface area (Å²) in [5.41, 5.74) is 2.60. The standard InChI is InChI=1S/C19H15ClN4O2S/c1-25-15-7-5-13(6-8-15)11-24-12-14(10-22-24)17-18(20)27-19(23-17)26-16-4-2-3-9-21-16/h2-10,12H,11H2,1H3. The van der Waals surface area contributed by atoms with Crippen LogP contribution in [-0.2, 0) is 6.54 Å². The number of rotatable bonds is 6. The first-order chi connectivity index (χ1) is 13.2. The number of ether oxygens (including phenoxy) is 2. The molecule has 0 aliphatic rings. The number of methoxy groups -OCH3 is 1. The Morgan fingerprint density at radius 3 is 2.74 bits per heavy atom. The van der Waals surface area contributed by atoms with Gasteiger partial charge in [-0.15, -0.1) is 0 Å². The molecule has 0 N–H and O–H groups in total. The summed E-state index contributed by atoms with van der Waals surface area (Å²) in [6.07, 6.45) is 5.32. The third-order valence-electron chi connectivity index (χ3n) is 3.81. The number of thiazole rings is 1. The van der Waals surface area contributed by atoms with Crippen molar-refractivity contribution in [3.05, 3.63) is 71.0 Å². The molecule has 0 radical (unpaired) electrons. The van der Waals surface area contributed by atoms with Crippen molar-refractivity contribution in [2.45, 2.75) is 6.54 Å². The molecular weight excluding hydrogens is 384 g/mol. The van der Waals surface area contributed by atoms with Crippen LogP contribution in [0.3, 0.4) is 0 Å². The van der Waals surface area contributed by atoms with E-state index < -0.39 is 0 Å². The van der Waals surface area contributed by atoms with Crippen molar-refractivity contribution in [2.24, 2.45) is 0 Å². The summed E-state index contributed by atoms with van der Waals surface area (Å²) in [6, 6.07) is 13.3. The predicted molar refractivity (Wildman–Crippen MR) is 105 cm³/mol. The van der Waals surface area contributed by atoms with Crippen molar-refractivity contribution in [2.75, 3.05) is 7.11 Å². The monoisotopic (exact) mass is 398 g/mol. The van der Waals surface area contributed by atoms with Crippen LogP contribution in [0.25, 0.3) is 11.3 Å². The summed E-state index contributed by atoms with van der Waals surface area (Å²) in [7, 11) is 1.65. The first-order valence-electron chi connectivity index (χ1n) is 8.12. The smallest absolute Gasteiger partial charge is 0.282 e. The highest BCUT2D eigenvalue weighted by Crippen LogP contribution is 2.37. The van der Waals surface area contributed by atoms with E-state index in [2.05, 4.69) is 15.1 Å². The molecule has 0 unspecified atom stereocenters. The molecule has 6 nitrogen and oxygen atoms in total. The van der Waals surface area contributed by atoms with E-state index in [1.807, 2.05) is 47.3 Å². The van der Waals surface area contributed by atoms with Gasteiger partial charge in [-0.25, -0.2) is 9.97 Å². The van der Waals surface area contributed by atoms with Crippen molar-refractivity contribution in [3.8, 4) is 28.1 Å². The molecule has 0 spiro atoms. The van der Waals surface area contributed by atoms with E-state index in [0.29, 0.717) is 27.6 Å². The van der Waals surface area contributed by atoms with Gasteiger partial charge in [0.25, 0.3) is 5.19 Å². The highest BCUT2D eigenvalue weighted by molar-refractivity contribution is 7.18. The van der Waals surface area contributed by atoms with Crippen molar-refractivity contribution in [3.63, 3.8) is 0 Å². The van der Waals surface area contributed by atoms with E-state index in [4.69, 9.17) is 21.1 Å². The second-order valence-corrected chi connectivity index (χ2v) is 7.21. The molecule has 0 aliphatic carbocycles. The van der Waals surface area contributed by atoms with Gasteiger partial charge in [-0.05, 0) is 23.8 Å². The molecule has 0 saturated heterocycles. The minimum Gasteiger partial charge on any atom is -0.497 e. The van der Waals surface area contributed by atoms with Crippen LogP contribution in [0, 0.1) is 0 Å². The molecule has 3 aromatic heterocycles.